The number of anilines is 1. The summed E-state index contributed by atoms with van der Waals surface area (Å²) in [6, 6.07) is 5.77. The van der Waals surface area contributed by atoms with Crippen molar-refractivity contribution in [2.75, 3.05) is 11.9 Å². The Labute approximate surface area is 119 Å². The molecule has 1 amide bonds. The van der Waals surface area contributed by atoms with Crippen molar-refractivity contribution < 1.29 is 9.53 Å². The second-order valence-electron chi connectivity index (χ2n) is 5.06. The highest BCUT2D eigenvalue weighted by Crippen LogP contribution is 2.22. The van der Waals surface area contributed by atoms with Crippen molar-refractivity contribution in [1.29, 1.82) is 0 Å². The third-order valence-corrected chi connectivity index (χ3v) is 3.28. The summed E-state index contributed by atoms with van der Waals surface area (Å²) in [6.45, 7) is 4.26. The first kappa shape index (κ1) is 14.6. The Hall–Kier alpha value is -1.83. The number of nitrogens with one attached hydrogen (secondary N) is 1. The van der Waals surface area contributed by atoms with E-state index in [4.69, 9.17) is 10.5 Å². The summed E-state index contributed by atoms with van der Waals surface area (Å²) in [7, 11) is 0. The molecule has 0 radical (unpaired) electrons. The molecule has 2 unspecified atom stereocenters. The Bertz CT molecular complexity index is 557. The summed E-state index contributed by atoms with van der Waals surface area (Å²) in [5.74, 6) is 5.68. The van der Waals surface area contributed by atoms with Crippen LogP contribution >= 0.6 is 0 Å². The summed E-state index contributed by atoms with van der Waals surface area (Å²) < 4.78 is 5.58. The van der Waals surface area contributed by atoms with E-state index in [1.807, 2.05) is 32.0 Å². The molecular weight excluding hydrogens is 252 g/mol. The van der Waals surface area contributed by atoms with Crippen LogP contribution in [0.5, 0.6) is 0 Å². The summed E-state index contributed by atoms with van der Waals surface area (Å²) in [5, 5.41) is 2.92. The van der Waals surface area contributed by atoms with Crippen LogP contribution in [-0.4, -0.2) is 24.7 Å². The Kier molecular flexibility index (Phi) is 4.78. The van der Waals surface area contributed by atoms with Crippen LogP contribution in [-0.2, 0) is 9.53 Å². The lowest BCUT2D eigenvalue weighted by Gasteiger charge is -2.13. The van der Waals surface area contributed by atoms with Crippen molar-refractivity contribution in [3.05, 3.63) is 29.3 Å². The monoisotopic (exact) mass is 272 g/mol. The highest BCUT2D eigenvalue weighted by molar-refractivity contribution is 5.95. The highest BCUT2D eigenvalue weighted by Gasteiger charge is 2.28. The number of aryl methyl sites for hydroxylation is 1. The highest BCUT2D eigenvalue weighted by atomic mass is 16.5. The van der Waals surface area contributed by atoms with Gasteiger partial charge in [0.05, 0.1) is 18.3 Å². The van der Waals surface area contributed by atoms with Crippen LogP contribution < -0.4 is 11.1 Å². The number of rotatable bonds is 2. The predicted molar refractivity (Wildman–Crippen MR) is 79.3 cm³/mol. The van der Waals surface area contributed by atoms with Gasteiger partial charge in [0.1, 0.15) is 6.10 Å². The number of carbonyl (C=O) groups is 1. The zero-order valence-corrected chi connectivity index (χ0v) is 11.9. The molecule has 0 saturated carbocycles. The summed E-state index contributed by atoms with van der Waals surface area (Å²) in [4.78, 5) is 12.2. The summed E-state index contributed by atoms with van der Waals surface area (Å²) in [5.41, 5.74) is 7.96. The molecule has 1 aromatic carbocycles. The maximum atomic E-state index is 12.2. The van der Waals surface area contributed by atoms with Gasteiger partial charge in [-0.05, 0) is 44.4 Å². The maximum Gasteiger partial charge on any atom is 0.253 e. The molecule has 2 atom stereocenters. The van der Waals surface area contributed by atoms with Gasteiger partial charge in [-0.1, -0.05) is 17.9 Å². The fraction of sp³-hybridized carbons (Fsp3) is 0.438. The minimum absolute atomic E-state index is 0.101. The molecule has 4 heteroatoms. The number of carbonyl (C=O) groups excluding carboxylic acids is 1. The molecule has 0 aromatic heterocycles. The molecule has 1 aromatic rings. The molecule has 2 rings (SSSR count). The van der Waals surface area contributed by atoms with Gasteiger partial charge < -0.3 is 15.8 Å². The molecule has 1 heterocycles. The average Bonchev–Trinajstić information content (AvgIpc) is 2.85. The fourth-order valence-electron chi connectivity index (χ4n) is 2.23. The van der Waals surface area contributed by atoms with Gasteiger partial charge in [0, 0.05) is 5.56 Å². The minimum Gasteiger partial charge on any atom is -0.365 e. The standard InChI is InChI=1S/C16H20N2O2/c1-11-5-7-13(4-3-9-17)14(10-11)18-16(19)15-8-6-12(2)20-15/h5,7,10,12,15H,6,8-9,17H2,1-2H3,(H,18,19). The second-order valence-corrected chi connectivity index (χ2v) is 5.06. The van der Waals surface area contributed by atoms with Gasteiger partial charge in [-0.25, -0.2) is 0 Å². The Morgan fingerprint density at radius 1 is 1.50 bits per heavy atom. The van der Waals surface area contributed by atoms with Gasteiger partial charge in [0.2, 0.25) is 0 Å². The predicted octanol–water partition coefficient (Wildman–Crippen LogP) is 1.81. The van der Waals surface area contributed by atoms with E-state index in [9.17, 15) is 4.79 Å². The minimum atomic E-state index is -0.360. The van der Waals surface area contributed by atoms with Crippen molar-refractivity contribution in [3.8, 4) is 11.8 Å². The maximum absolute atomic E-state index is 12.2. The van der Waals surface area contributed by atoms with E-state index in [1.54, 1.807) is 0 Å². The SMILES string of the molecule is Cc1ccc(C#CCN)c(NC(=O)C2CCC(C)O2)c1. The normalized spacial score (nSPS) is 21.1. The van der Waals surface area contributed by atoms with Crippen molar-refractivity contribution in [2.24, 2.45) is 5.73 Å². The third kappa shape index (κ3) is 3.60. The van der Waals surface area contributed by atoms with E-state index in [0.29, 0.717) is 6.54 Å². The van der Waals surface area contributed by atoms with Crippen LogP contribution in [0.4, 0.5) is 5.69 Å². The van der Waals surface area contributed by atoms with E-state index >= 15 is 0 Å². The molecule has 1 aliphatic heterocycles. The first-order chi connectivity index (χ1) is 9.60. The van der Waals surface area contributed by atoms with Gasteiger partial charge in [-0.2, -0.15) is 0 Å². The first-order valence-electron chi connectivity index (χ1n) is 6.86. The van der Waals surface area contributed by atoms with Crippen LogP contribution in [0.25, 0.3) is 0 Å². The van der Waals surface area contributed by atoms with Gasteiger partial charge in [-0.3, -0.25) is 4.79 Å². The number of amides is 1. The van der Waals surface area contributed by atoms with Crippen molar-refractivity contribution >= 4 is 11.6 Å². The van der Waals surface area contributed by atoms with E-state index < -0.39 is 0 Å². The number of hydrogen-bond acceptors (Lipinski definition) is 3. The van der Waals surface area contributed by atoms with E-state index in [2.05, 4.69) is 17.2 Å². The molecule has 0 aliphatic carbocycles. The number of nitrogens with two attached hydrogens (primary N) is 1. The molecule has 1 aliphatic rings. The second kappa shape index (κ2) is 6.56. The molecule has 0 spiro atoms. The smallest absolute Gasteiger partial charge is 0.253 e. The van der Waals surface area contributed by atoms with Crippen LogP contribution in [0, 0.1) is 18.8 Å². The summed E-state index contributed by atoms with van der Waals surface area (Å²) >= 11 is 0. The largest absolute Gasteiger partial charge is 0.365 e. The number of ether oxygens (including phenoxy) is 1. The van der Waals surface area contributed by atoms with Crippen LogP contribution in [0.3, 0.4) is 0 Å². The van der Waals surface area contributed by atoms with Crippen LogP contribution in [0.15, 0.2) is 18.2 Å². The Morgan fingerprint density at radius 2 is 2.30 bits per heavy atom. The molecule has 4 nitrogen and oxygen atoms in total. The van der Waals surface area contributed by atoms with E-state index in [1.165, 1.54) is 0 Å². The number of hydrogen-bond donors (Lipinski definition) is 2. The van der Waals surface area contributed by atoms with Gasteiger partial charge >= 0.3 is 0 Å². The topological polar surface area (TPSA) is 64.3 Å². The van der Waals surface area contributed by atoms with E-state index in [0.717, 1.165) is 29.7 Å². The van der Waals surface area contributed by atoms with Gasteiger partial charge in [0.15, 0.2) is 0 Å². The summed E-state index contributed by atoms with van der Waals surface area (Å²) in [6.07, 6.45) is 1.48. The van der Waals surface area contributed by atoms with Crippen molar-refractivity contribution in [1.82, 2.24) is 0 Å². The van der Waals surface area contributed by atoms with Crippen LogP contribution in [0.2, 0.25) is 0 Å². The fourth-order valence-corrected chi connectivity index (χ4v) is 2.23. The molecular formula is C16H20N2O2. The molecule has 0 bridgehead atoms. The quantitative estimate of drug-likeness (QED) is 0.807. The lowest BCUT2D eigenvalue weighted by atomic mass is 10.1. The lowest BCUT2D eigenvalue weighted by Crippen LogP contribution is -2.28. The average molecular weight is 272 g/mol. The molecule has 1 fully saturated rings. The van der Waals surface area contributed by atoms with E-state index in [-0.39, 0.29) is 18.1 Å². The number of benzene rings is 1. The zero-order chi connectivity index (χ0) is 14.5. The van der Waals surface area contributed by atoms with Crippen LogP contribution in [0.1, 0.15) is 30.9 Å². The van der Waals surface area contributed by atoms with Gasteiger partial charge in [0.25, 0.3) is 5.91 Å². The van der Waals surface area contributed by atoms with Crippen molar-refractivity contribution in [3.63, 3.8) is 0 Å². The van der Waals surface area contributed by atoms with Gasteiger partial charge in [-0.15, -0.1) is 0 Å². The third-order valence-electron chi connectivity index (χ3n) is 3.28. The van der Waals surface area contributed by atoms with Crippen molar-refractivity contribution in [2.45, 2.75) is 38.9 Å². The molecule has 106 valence electrons. The molecule has 1 saturated heterocycles. The molecule has 20 heavy (non-hydrogen) atoms. The lowest BCUT2D eigenvalue weighted by molar-refractivity contribution is -0.126. The first-order valence-corrected chi connectivity index (χ1v) is 6.86. The molecule has 3 N–H and O–H groups in total. The zero-order valence-electron chi connectivity index (χ0n) is 11.9. The Balaban J connectivity index is 2.15. The Morgan fingerprint density at radius 3 is 2.95 bits per heavy atom.